The summed E-state index contributed by atoms with van der Waals surface area (Å²) in [5.74, 6) is 0.738. The van der Waals surface area contributed by atoms with Gasteiger partial charge in [-0.1, -0.05) is 141 Å². The fourth-order valence-electron chi connectivity index (χ4n) is 9.33. The summed E-state index contributed by atoms with van der Waals surface area (Å²) in [7, 11) is 0. The van der Waals surface area contributed by atoms with Gasteiger partial charge in [-0.05, 0) is 93.4 Å². The lowest BCUT2D eigenvalue weighted by atomic mass is 9.74. The topological polar surface area (TPSA) is 25.8 Å². The highest BCUT2D eigenvalue weighted by Gasteiger charge is 2.41. The third-order valence-electron chi connectivity index (χ3n) is 12.2. The Hall–Kier alpha value is -6.16. The molecule has 0 N–H and O–H groups in total. The minimum absolute atomic E-state index is 0.121. The Kier molecular flexibility index (Phi) is 6.63. The third-order valence-corrected chi connectivity index (χ3v) is 13.4. The minimum Gasteiger partial charge on any atom is -0.228 e. The van der Waals surface area contributed by atoms with E-state index < -0.39 is 0 Å². The second-order valence-corrected chi connectivity index (χ2v) is 16.6. The van der Waals surface area contributed by atoms with Crippen LogP contribution in [0, 0.1) is 0 Å². The average molecular weight is 709 g/mol. The van der Waals surface area contributed by atoms with Crippen molar-refractivity contribution in [2.75, 3.05) is 0 Å². The maximum absolute atomic E-state index is 5.41. The van der Waals surface area contributed by atoms with Gasteiger partial charge in [0.1, 0.15) is 0 Å². The smallest absolute Gasteiger partial charge is 0.160 e. The number of aromatic nitrogens is 2. The number of thiophene rings is 1. The van der Waals surface area contributed by atoms with E-state index in [0.717, 1.165) is 33.9 Å². The molecule has 0 fully saturated rings. The zero-order chi connectivity index (χ0) is 36.2. The van der Waals surface area contributed by atoms with Crippen LogP contribution in [0.5, 0.6) is 0 Å². The SMILES string of the molecule is CC1(C)c2ccccc2-c2ccc(-c3nc(-c4ccc5c(c4)C(C)(c4ccccc4)c4ccccc4-5)cc(-c4ccc5sc6ccccc6c5c4)n3)cc21. The summed E-state index contributed by atoms with van der Waals surface area (Å²) in [4.78, 5) is 10.8. The quantitative estimate of drug-likeness (QED) is 0.182. The van der Waals surface area contributed by atoms with E-state index in [4.69, 9.17) is 9.97 Å². The van der Waals surface area contributed by atoms with Gasteiger partial charge in [-0.3, -0.25) is 0 Å². The monoisotopic (exact) mass is 708 g/mol. The van der Waals surface area contributed by atoms with Crippen LogP contribution >= 0.6 is 11.3 Å². The first-order valence-corrected chi connectivity index (χ1v) is 19.6. The first-order chi connectivity index (χ1) is 26.4. The van der Waals surface area contributed by atoms with Crippen molar-refractivity contribution in [2.45, 2.75) is 31.6 Å². The van der Waals surface area contributed by atoms with Gasteiger partial charge in [0.25, 0.3) is 0 Å². The van der Waals surface area contributed by atoms with Crippen LogP contribution in [0.1, 0.15) is 48.6 Å². The lowest BCUT2D eigenvalue weighted by Gasteiger charge is -2.28. The summed E-state index contributed by atoms with van der Waals surface area (Å²) >= 11 is 1.84. The van der Waals surface area contributed by atoms with Crippen molar-refractivity contribution in [3.63, 3.8) is 0 Å². The summed E-state index contributed by atoms with van der Waals surface area (Å²) in [5, 5.41) is 2.55. The molecule has 2 aliphatic carbocycles. The Balaban J connectivity index is 1.12. The van der Waals surface area contributed by atoms with E-state index in [0.29, 0.717) is 0 Å². The summed E-state index contributed by atoms with van der Waals surface area (Å²) in [6, 6.07) is 60.0. The van der Waals surface area contributed by atoms with Gasteiger partial charge in [-0.15, -0.1) is 11.3 Å². The molecule has 0 aliphatic heterocycles. The van der Waals surface area contributed by atoms with Crippen LogP contribution in [-0.2, 0) is 10.8 Å². The van der Waals surface area contributed by atoms with Gasteiger partial charge in [0.2, 0.25) is 0 Å². The van der Waals surface area contributed by atoms with Crippen molar-refractivity contribution in [3.05, 3.63) is 192 Å². The molecule has 2 nitrogen and oxygen atoms in total. The summed E-state index contributed by atoms with van der Waals surface area (Å²) in [6.45, 7) is 7.03. The molecular formula is C51H36N2S. The zero-order valence-electron chi connectivity index (χ0n) is 30.4. The predicted molar refractivity (Wildman–Crippen MR) is 226 cm³/mol. The Bertz CT molecular complexity index is 2990. The summed E-state index contributed by atoms with van der Waals surface area (Å²) in [5.41, 5.74) is 16.4. The molecule has 256 valence electrons. The highest BCUT2D eigenvalue weighted by molar-refractivity contribution is 7.25. The first kappa shape index (κ1) is 31.4. The highest BCUT2D eigenvalue weighted by atomic mass is 32.1. The molecule has 2 heterocycles. The van der Waals surface area contributed by atoms with Crippen LogP contribution in [-0.4, -0.2) is 9.97 Å². The summed E-state index contributed by atoms with van der Waals surface area (Å²) < 4.78 is 2.59. The van der Waals surface area contributed by atoms with Gasteiger partial charge in [-0.2, -0.15) is 0 Å². The third kappa shape index (κ3) is 4.45. The van der Waals surface area contributed by atoms with E-state index in [1.165, 1.54) is 70.2 Å². The molecule has 7 aromatic carbocycles. The Morgan fingerprint density at radius 2 is 0.963 bits per heavy atom. The molecule has 0 saturated heterocycles. The molecule has 2 aliphatic rings. The van der Waals surface area contributed by atoms with Crippen molar-refractivity contribution in [3.8, 4) is 56.2 Å². The van der Waals surface area contributed by atoms with E-state index in [2.05, 4.69) is 185 Å². The van der Waals surface area contributed by atoms with Crippen molar-refractivity contribution < 1.29 is 0 Å². The zero-order valence-corrected chi connectivity index (χ0v) is 31.2. The Labute approximate surface area is 319 Å². The fourth-order valence-corrected chi connectivity index (χ4v) is 10.4. The molecule has 1 unspecified atom stereocenters. The number of benzene rings is 7. The highest BCUT2D eigenvalue weighted by Crippen LogP contribution is 2.53. The van der Waals surface area contributed by atoms with Crippen molar-refractivity contribution >= 4 is 31.5 Å². The van der Waals surface area contributed by atoms with Crippen LogP contribution < -0.4 is 0 Å². The molecule has 0 spiro atoms. The van der Waals surface area contributed by atoms with Crippen LogP contribution in [0.25, 0.3) is 76.3 Å². The second-order valence-electron chi connectivity index (χ2n) is 15.5. The van der Waals surface area contributed by atoms with E-state index in [-0.39, 0.29) is 10.8 Å². The van der Waals surface area contributed by atoms with Crippen LogP contribution in [0.4, 0.5) is 0 Å². The van der Waals surface area contributed by atoms with E-state index in [1.807, 2.05) is 11.3 Å². The van der Waals surface area contributed by atoms with Crippen LogP contribution in [0.2, 0.25) is 0 Å². The fraction of sp³-hybridized carbons (Fsp3) is 0.0980. The molecule has 54 heavy (non-hydrogen) atoms. The lowest BCUT2D eigenvalue weighted by molar-refractivity contribution is 0.660. The molecule has 0 radical (unpaired) electrons. The standard InChI is InChI=1S/C51H36N2S/c1-50(2)41-18-10-7-15-35(41)37-25-22-33(29-43(37)50)49-52-45(31-23-26-48-40(27-31)39-17-9-12-20-47(39)54-48)30-46(53-49)32-21-24-38-36-16-8-11-19-42(36)51(3,44(38)28-32)34-13-5-4-6-14-34/h4-30H,1-3H3. The molecule has 0 amide bonds. The van der Waals surface area contributed by atoms with Gasteiger partial charge < -0.3 is 0 Å². The largest absolute Gasteiger partial charge is 0.228 e. The Morgan fingerprint density at radius 3 is 1.76 bits per heavy atom. The molecule has 3 heteroatoms. The van der Waals surface area contributed by atoms with Crippen molar-refractivity contribution in [2.24, 2.45) is 0 Å². The molecule has 0 bridgehead atoms. The molecule has 1 atom stereocenters. The van der Waals surface area contributed by atoms with Gasteiger partial charge in [0, 0.05) is 47.7 Å². The van der Waals surface area contributed by atoms with Gasteiger partial charge in [0.05, 0.1) is 11.4 Å². The van der Waals surface area contributed by atoms with Crippen molar-refractivity contribution in [1.82, 2.24) is 9.97 Å². The lowest BCUT2D eigenvalue weighted by Crippen LogP contribution is -2.22. The number of fused-ring (bicyclic) bond motifs is 9. The van der Waals surface area contributed by atoms with Gasteiger partial charge >= 0.3 is 0 Å². The van der Waals surface area contributed by atoms with Gasteiger partial charge in [0.15, 0.2) is 5.82 Å². The van der Waals surface area contributed by atoms with Crippen molar-refractivity contribution in [1.29, 1.82) is 0 Å². The van der Waals surface area contributed by atoms with E-state index >= 15 is 0 Å². The molecule has 11 rings (SSSR count). The van der Waals surface area contributed by atoms with E-state index in [1.54, 1.807) is 0 Å². The van der Waals surface area contributed by atoms with E-state index in [9.17, 15) is 0 Å². The number of hydrogen-bond acceptors (Lipinski definition) is 3. The average Bonchev–Trinajstić information content (AvgIpc) is 3.81. The van der Waals surface area contributed by atoms with Crippen LogP contribution in [0.15, 0.2) is 164 Å². The maximum atomic E-state index is 5.41. The first-order valence-electron chi connectivity index (χ1n) is 18.7. The number of rotatable bonds is 4. The predicted octanol–water partition coefficient (Wildman–Crippen LogP) is 13.5. The maximum Gasteiger partial charge on any atom is 0.160 e. The van der Waals surface area contributed by atoms with Crippen LogP contribution in [0.3, 0.4) is 0 Å². The second kappa shape index (κ2) is 11.4. The normalized spacial score (nSPS) is 16.3. The molecule has 0 saturated carbocycles. The minimum atomic E-state index is -0.298. The molecule has 9 aromatic rings. The number of nitrogens with zero attached hydrogens (tertiary/aromatic N) is 2. The molecular weight excluding hydrogens is 673 g/mol. The van der Waals surface area contributed by atoms with Gasteiger partial charge in [-0.25, -0.2) is 9.97 Å². The Morgan fingerprint density at radius 1 is 0.407 bits per heavy atom. The molecule has 2 aromatic heterocycles. The number of hydrogen-bond donors (Lipinski definition) is 0. The summed E-state index contributed by atoms with van der Waals surface area (Å²) in [6.07, 6.45) is 0.